The Morgan fingerprint density at radius 3 is 2.60 bits per heavy atom. The van der Waals surface area contributed by atoms with Gasteiger partial charge in [-0.3, -0.25) is 4.90 Å². The molecule has 2 aromatic carbocycles. The lowest BCUT2D eigenvalue weighted by molar-refractivity contribution is 0.163. The lowest BCUT2D eigenvalue weighted by atomic mass is 9.98. The van der Waals surface area contributed by atoms with Crippen LogP contribution in [0.2, 0.25) is 0 Å². The summed E-state index contributed by atoms with van der Waals surface area (Å²) in [5, 5.41) is 3.46. The smallest absolute Gasteiger partial charge is 0.120 e. The molecular weight excluding hydrogens is 308 g/mol. The van der Waals surface area contributed by atoms with Gasteiger partial charge in [0.2, 0.25) is 0 Å². The van der Waals surface area contributed by atoms with E-state index in [1.807, 2.05) is 6.07 Å². The van der Waals surface area contributed by atoms with Gasteiger partial charge in [0.05, 0.1) is 0 Å². The Balaban J connectivity index is 1.70. The van der Waals surface area contributed by atoms with Crippen molar-refractivity contribution in [3.63, 3.8) is 0 Å². The van der Waals surface area contributed by atoms with Crippen LogP contribution < -0.4 is 10.1 Å². The Labute approximate surface area is 152 Å². The fourth-order valence-corrected chi connectivity index (χ4v) is 3.50. The molecule has 25 heavy (non-hydrogen) atoms. The van der Waals surface area contributed by atoms with E-state index in [0.717, 1.165) is 31.9 Å². The lowest BCUT2D eigenvalue weighted by Gasteiger charge is -2.35. The zero-order chi connectivity index (χ0) is 17.3. The molecule has 0 radical (unpaired) electrons. The molecule has 1 saturated heterocycles. The third kappa shape index (κ3) is 5.32. The van der Waals surface area contributed by atoms with Crippen LogP contribution in [-0.4, -0.2) is 31.1 Å². The lowest BCUT2D eigenvalue weighted by Crippen LogP contribution is -2.45. The van der Waals surface area contributed by atoms with E-state index in [-0.39, 0.29) is 0 Å². The van der Waals surface area contributed by atoms with Gasteiger partial charge in [-0.25, -0.2) is 0 Å². The van der Waals surface area contributed by atoms with Gasteiger partial charge in [0.1, 0.15) is 12.4 Å². The Morgan fingerprint density at radius 1 is 1.04 bits per heavy atom. The fourth-order valence-electron chi connectivity index (χ4n) is 3.50. The van der Waals surface area contributed by atoms with E-state index in [0.29, 0.717) is 12.6 Å². The Hall–Kier alpha value is -1.84. The maximum absolute atomic E-state index is 6.04. The minimum atomic E-state index is 0.502. The van der Waals surface area contributed by atoms with Crippen LogP contribution in [0.5, 0.6) is 5.75 Å². The van der Waals surface area contributed by atoms with Gasteiger partial charge in [0, 0.05) is 32.2 Å². The molecule has 1 fully saturated rings. The summed E-state index contributed by atoms with van der Waals surface area (Å²) < 4.78 is 6.04. The minimum Gasteiger partial charge on any atom is -0.489 e. The summed E-state index contributed by atoms with van der Waals surface area (Å²) in [6.45, 7) is 7.33. The number of piperazine rings is 1. The molecule has 0 amide bonds. The van der Waals surface area contributed by atoms with Gasteiger partial charge < -0.3 is 10.1 Å². The normalized spacial score (nSPS) is 16.5. The van der Waals surface area contributed by atoms with Crippen molar-refractivity contribution >= 4 is 0 Å². The Morgan fingerprint density at radius 2 is 1.84 bits per heavy atom. The quantitative estimate of drug-likeness (QED) is 0.772. The maximum Gasteiger partial charge on any atom is 0.120 e. The summed E-state index contributed by atoms with van der Waals surface area (Å²) in [5.74, 6) is 0.970. The van der Waals surface area contributed by atoms with Crippen LogP contribution in [0.25, 0.3) is 0 Å². The first-order valence-electron chi connectivity index (χ1n) is 9.58. The van der Waals surface area contributed by atoms with Gasteiger partial charge in [-0.1, -0.05) is 62.2 Å². The molecule has 0 saturated carbocycles. The molecule has 3 rings (SSSR count). The summed E-state index contributed by atoms with van der Waals surface area (Å²) in [4.78, 5) is 2.63. The number of ether oxygens (including phenoxy) is 1. The first-order chi connectivity index (χ1) is 12.4. The van der Waals surface area contributed by atoms with Crippen LogP contribution in [0.3, 0.4) is 0 Å². The van der Waals surface area contributed by atoms with Gasteiger partial charge >= 0.3 is 0 Å². The summed E-state index contributed by atoms with van der Waals surface area (Å²) >= 11 is 0. The van der Waals surface area contributed by atoms with E-state index in [9.17, 15) is 0 Å². The zero-order valence-corrected chi connectivity index (χ0v) is 15.3. The predicted molar refractivity (Wildman–Crippen MR) is 104 cm³/mol. The second kappa shape index (κ2) is 9.59. The SMILES string of the molecule is CCCCC(c1cccc(OCc2ccccc2)c1)N1CCNCC1. The summed E-state index contributed by atoms with van der Waals surface area (Å²) in [6.07, 6.45) is 3.73. The van der Waals surface area contributed by atoms with E-state index in [1.165, 1.54) is 30.4 Å². The molecule has 3 nitrogen and oxygen atoms in total. The molecule has 0 bridgehead atoms. The molecule has 1 aliphatic rings. The summed E-state index contributed by atoms with van der Waals surface area (Å²) in [7, 11) is 0. The number of unbranched alkanes of at least 4 members (excludes halogenated alkanes) is 1. The average molecular weight is 338 g/mol. The van der Waals surface area contributed by atoms with Crippen molar-refractivity contribution < 1.29 is 4.74 Å². The first-order valence-corrected chi connectivity index (χ1v) is 9.58. The highest BCUT2D eigenvalue weighted by molar-refractivity contribution is 5.31. The summed E-state index contributed by atoms with van der Waals surface area (Å²) in [6, 6.07) is 19.6. The van der Waals surface area contributed by atoms with Gasteiger partial charge in [0.15, 0.2) is 0 Å². The maximum atomic E-state index is 6.04. The van der Waals surface area contributed by atoms with E-state index < -0.39 is 0 Å². The highest BCUT2D eigenvalue weighted by Crippen LogP contribution is 2.29. The van der Waals surface area contributed by atoms with Crippen molar-refractivity contribution in [3.05, 3.63) is 65.7 Å². The standard InChI is InChI=1S/C22H30N2O/c1-2-3-12-22(24-15-13-23-14-16-24)20-10-7-11-21(17-20)25-18-19-8-5-4-6-9-19/h4-11,17,22-23H,2-3,12-16,18H2,1H3. The third-order valence-corrected chi connectivity index (χ3v) is 4.91. The fraction of sp³-hybridized carbons (Fsp3) is 0.455. The second-order valence-electron chi connectivity index (χ2n) is 6.79. The molecule has 0 spiro atoms. The number of nitrogens with zero attached hydrogens (tertiary/aromatic N) is 1. The zero-order valence-electron chi connectivity index (χ0n) is 15.3. The highest BCUT2D eigenvalue weighted by Gasteiger charge is 2.21. The Bertz CT molecular complexity index is 623. The number of hydrogen-bond donors (Lipinski definition) is 1. The average Bonchev–Trinajstić information content (AvgIpc) is 2.69. The van der Waals surface area contributed by atoms with Crippen LogP contribution in [0.4, 0.5) is 0 Å². The number of rotatable bonds is 8. The van der Waals surface area contributed by atoms with Crippen molar-refractivity contribution in [1.29, 1.82) is 0 Å². The molecule has 134 valence electrons. The molecule has 2 aromatic rings. The Kier molecular flexibility index (Phi) is 6.89. The molecule has 1 heterocycles. The van der Waals surface area contributed by atoms with E-state index in [1.54, 1.807) is 0 Å². The van der Waals surface area contributed by atoms with Crippen molar-refractivity contribution in [2.24, 2.45) is 0 Å². The van der Waals surface area contributed by atoms with Crippen LogP contribution in [0.15, 0.2) is 54.6 Å². The molecular formula is C22H30N2O. The molecule has 1 N–H and O–H groups in total. The molecule has 1 aliphatic heterocycles. The van der Waals surface area contributed by atoms with Crippen molar-refractivity contribution in [2.45, 2.75) is 38.8 Å². The van der Waals surface area contributed by atoms with Gasteiger partial charge in [0.25, 0.3) is 0 Å². The first kappa shape index (κ1) is 18.0. The highest BCUT2D eigenvalue weighted by atomic mass is 16.5. The van der Waals surface area contributed by atoms with Gasteiger partial charge in [-0.15, -0.1) is 0 Å². The third-order valence-electron chi connectivity index (χ3n) is 4.91. The van der Waals surface area contributed by atoms with Gasteiger partial charge in [-0.2, -0.15) is 0 Å². The number of hydrogen-bond acceptors (Lipinski definition) is 3. The topological polar surface area (TPSA) is 24.5 Å². The van der Waals surface area contributed by atoms with Crippen molar-refractivity contribution in [1.82, 2.24) is 10.2 Å². The van der Waals surface area contributed by atoms with Crippen LogP contribution in [0.1, 0.15) is 43.4 Å². The van der Waals surface area contributed by atoms with Crippen molar-refractivity contribution in [3.8, 4) is 5.75 Å². The monoisotopic (exact) mass is 338 g/mol. The summed E-state index contributed by atoms with van der Waals surface area (Å²) in [5.41, 5.74) is 2.60. The minimum absolute atomic E-state index is 0.502. The van der Waals surface area contributed by atoms with E-state index >= 15 is 0 Å². The van der Waals surface area contributed by atoms with E-state index in [4.69, 9.17) is 4.74 Å². The van der Waals surface area contributed by atoms with Crippen molar-refractivity contribution in [2.75, 3.05) is 26.2 Å². The predicted octanol–water partition coefficient (Wildman–Crippen LogP) is 4.40. The molecule has 3 heteroatoms. The van der Waals surface area contributed by atoms with E-state index in [2.05, 4.69) is 65.7 Å². The van der Waals surface area contributed by atoms with Crippen LogP contribution in [0, 0.1) is 0 Å². The molecule has 1 atom stereocenters. The number of benzene rings is 2. The molecule has 0 aliphatic carbocycles. The van der Waals surface area contributed by atoms with Crippen LogP contribution >= 0.6 is 0 Å². The molecule has 0 aromatic heterocycles. The van der Waals surface area contributed by atoms with Crippen LogP contribution in [-0.2, 0) is 6.61 Å². The largest absolute Gasteiger partial charge is 0.489 e. The second-order valence-corrected chi connectivity index (χ2v) is 6.79. The van der Waals surface area contributed by atoms with Gasteiger partial charge in [-0.05, 0) is 29.7 Å². The number of nitrogens with one attached hydrogen (secondary N) is 1. The molecule has 1 unspecified atom stereocenters.